The second kappa shape index (κ2) is 4.51. The molecule has 0 spiro atoms. The zero-order chi connectivity index (χ0) is 11.5. The topological polar surface area (TPSA) is 76.7 Å². The van der Waals surface area contributed by atoms with Gasteiger partial charge in [-0.25, -0.2) is 0 Å². The van der Waals surface area contributed by atoms with Crippen molar-refractivity contribution < 1.29 is 0 Å². The molecule has 0 saturated carbocycles. The summed E-state index contributed by atoms with van der Waals surface area (Å²) in [4.78, 5) is 11.4. The predicted molar refractivity (Wildman–Crippen MR) is 64.0 cm³/mol. The van der Waals surface area contributed by atoms with Crippen molar-refractivity contribution in [3.63, 3.8) is 0 Å². The zero-order valence-electron chi connectivity index (χ0n) is 7.98. The Bertz CT molecular complexity index is 480. The summed E-state index contributed by atoms with van der Waals surface area (Å²) >= 11 is 11.3. The average Bonchev–Trinajstić information content (AvgIpc) is 2.20. The summed E-state index contributed by atoms with van der Waals surface area (Å²) < 4.78 is 0. The molecule has 0 atom stereocenters. The fourth-order valence-corrected chi connectivity index (χ4v) is 1.44. The third-order valence-corrected chi connectivity index (χ3v) is 2.09. The summed E-state index contributed by atoms with van der Waals surface area (Å²) in [7, 11) is 0. The Hall–Kier alpha value is -1.59. The van der Waals surface area contributed by atoms with E-state index in [1.54, 1.807) is 24.3 Å². The van der Waals surface area contributed by atoms with Gasteiger partial charge in [0, 0.05) is 11.4 Å². The SMILES string of the molecule is Nc1ccc(Nc2nc(Cl)nc(Cl)n2)cc1. The van der Waals surface area contributed by atoms with Gasteiger partial charge in [0.05, 0.1) is 0 Å². The number of nitrogens with two attached hydrogens (primary N) is 1. The Morgan fingerprint density at radius 2 is 1.50 bits per heavy atom. The van der Waals surface area contributed by atoms with Crippen molar-refractivity contribution in [3.05, 3.63) is 34.8 Å². The van der Waals surface area contributed by atoms with Crippen LogP contribution < -0.4 is 11.1 Å². The van der Waals surface area contributed by atoms with E-state index in [0.717, 1.165) is 5.69 Å². The van der Waals surface area contributed by atoms with E-state index in [2.05, 4.69) is 20.3 Å². The Kier molecular flexibility index (Phi) is 3.07. The number of halogens is 2. The number of rotatable bonds is 2. The molecule has 0 fully saturated rings. The molecule has 0 saturated heterocycles. The van der Waals surface area contributed by atoms with Gasteiger partial charge in [0.15, 0.2) is 0 Å². The van der Waals surface area contributed by atoms with Crippen molar-refractivity contribution in [3.8, 4) is 0 Å². The number of hydrogen-bond acceptors (Lipinski definition) is 5. The number of hydrogen-bond donors (Lipinski definition) is 2. The van der Waals surface area contributed by atoms with E-state index in [-0.39, 0.29) is 16.5 Å². The fraction of sp³-hybridized carbons (Fsp3) is 0. The molecule has 16 heavy (non-hydrogen) atoms. The molecular weight excluding hydrogens is 249 g/mol. The Balaban J connectivity index is 2.23. The Morgan fingerprint density at radius 3 is 2.06 bits per heavy atom. The number of nitrogens with one attached hydrogen (secondary N) is 1. The number of anilines is 3. The maximum absolute atomic E-state index is 5.63. The molecule has 0 bridgehead atoms. The second-order valence-corrected chi connectivity index (χ2v) is 3.62. The van der Waals surface area contributed by atoms with Gasteiger partial charge in [0.2, 0.25) is 16.5 Å². The first-order valence-corrected chi connectivity index (χ1v) is 5.09. The Labute approximate surface area is 102 Å². The van der Waals surface area contributed by atoms with E-state index in [9.17, 15) is 0 Å². The minimum atomic E-state index is 0.0398. The normalized spacial score (nSPS) is 10.1. The van der Waals surface area contributed by atoms with E-state index in [0.29, 0.717) is 5.69 Å². The molecule has 3 N–H and O–H groups in total. The van der Waals surface area contributed by atoms with Crippen molar-refractivity contribution in [2.75, 3.05) is 11.1 Å². The predicted octanol–water partition coefficient (Wildman–Crippen LogP) is 2.50. The van der Waals surface area contributed by atoms with Crippen LogP contribution in [0.5, 0.6) is 0 Å². The van der Waals surface area contributed by atoms with E-state index >= 15 is 0 Å². The third kappa shape index (κ3) is 2.71. The van der Waals surface area contributed by atoms with E-state index in [1.165, 1.54) is 0 Å². The average molecular weight is 256 g/mol. The number of benzene rings is 1. The van der Waals surface area contributed by atoms with Gasteiger partial charge in [-0.1, -0.05) is 0 Å². The summed E-state index contributed by atoms with van der Waals surface area (Å²) in [6, 6.07) is 7.10. The minimum absolute atomic E-state index is 0.0398. The molecule has 5 nitrogen and oxygen atoms in total. The van der Waals surface area contributed by atoms with Crippen LogP contribution in [-0.2, 0) is 0 Å². The fourth-order valence-electron chi connectivity index (χ4n) is 1.08. The van der Waals surface area contributed by atoms with Crippen molar-refractivity contribution in [1.82, 2.24) is 15.0 Å². The largest absolute Gasteiger partial charge is 0.399 e. The second-order valence-electron chi connectivity index (χ2n) is 2.94. The molecule has 0 aliphatic carbocycles. The van der Waals surface area contributed by atoms with Crippen LogP contribution in [-0.4, -0.2) is 15.0 Å². The summed E-state index contributed by atoms with van der Waals surface area (Å²) in [6.07, 6.45) is 0. The first kappa shape index (κ1) is 10.9. The standard InChI is InChI=1S/C9H7Cl2N5/c10-7-14-8(11)16-9(15-7)13-6-3-1-5(12)2-4-6/h1-4H,12H2,(H,13,14,15,16). The first-order chi connectivity index (χ1) is 7.63. The van der Waals surface area contributed by atoms with Crippen LogP contribution in [0, 0.1) is 0 Å². The van der Waals surface area contributed by atoms with Gasteiger partial charge in [-0.05, 0) is 47.5 Å². The summed E-state index contributed by atoms with van der Waals surface area (Å²) in [5.74, 6) is 0.287. The molecule has 2 aromatic rings. The van der Waals surface area contributed by atoms with E-state index in [1.807, 2.05) is 0 Å². The maximum atomic E-state index is 5.63. The molecule has 0 aliphatic heterocycles. The molecule has 0 amide bonds. The van der Waals surface area contributed by atoms with Gasteiger partial charge in [-0.3, -0.25) is 0 Å². The third-order valence-electron chi connectivity index (χ3n) is 1.75. The molecule has 7 heteroatoms. The molecule has 2 rings (SSSR count). The summed E-state index contributed by atoms with van der Waals surface area (Å²) in [5.41, 5.74) is 7.02. The minimum Gasteiger partial charge on any atom is -0.399 e. The lowest BCUT2D eigenvalue weighted by Gasteiger charge is -2.04. The van der Waals surface area contributed by atoms with E-state index < -0.39 is 0 Å². The Morgan fingerprint density at radius 1 is 0.938 bits per heavy atom. The molecule has 0 unspecified atom stereocenters. The molecule has 82 valence electrons. The molecule has 1 aromatic carbocycles. The number of aromatic nitrogens is 3. The highest BCUT2D eigenvalue weighted by atomic mass is 35.5. The van der Waals surface area contributed by atoms with E-state index in [4.69, 9.17) is 28.9 Å². The quantitative estimate of drug-likeness (QED) is 0.807. The van der Waals surface area contributed by atoms with Crippen LogP contribution in [0.25, 0.3) is 0 Å². The van der Waals surface area contributed by atoms with Crippen molar-refractivity contribution >= 4 is 40.5 Å². The number of nitrogens with zero attached hydrogens (tertiary/aromatic N) is 3. The van der Waals surface area contributed by atoms with Gasteiger partial charge in [-0.2, -0.15) is 15.0 Å². The molecule has 0 aliphatic rings. The van der Waals surface area contributed by atoms with Crippen molar-refractivity contribution in [2.45, 2.75) is 0 Å². The highest BCUT2D eigenvalue weighted by Crippen LogP contribution is 2.16. The summed E-state index contributed by atoms with van der Waals surface area (Å²) in [6.45, 7) is 0. The highest BCUT2D eigenvalue weighted by Gasteiger charge is 2.03. The lowest BCUT2D eigenvalue weighted by molar-refractivity contribution is 1.05. The number of nitrogen functional groups attached to an aromatic ring is 1. The van der Waals surface area contributed by atoms with Crippen LogP contribution in [0.4, 0.5) is 17.3 Å². The maximum Gasteiger partial charge on any atom is 0.232 e. The molecule has 0 radical (unpaired) electrons. The molecular formula is C9H7Cl2N5. The van der Waals surface area contributed by atoms with Crippen LogP contribution in [0.2, 0.25) is 10.6 Å². The lowest BCUT2D eigenvalue weighted by atomic mass is 10.3. The van der Waals surface area contributed by atoms with Gasteiger partial charge in [-0.15, -0.1) is 0 Å². The van der Waals surface area contributed by atoms with Gasteiger partial charge >= 0.3 is 0 Å². The van der Waals surface area contributed by atoms with Crippen LogP contribution in [0.15, 0.2) is 24.3 Å². The lowest BCUT2D eigenvalue weighted by Crippen LogP contribution is -1.99. The van der Waals surface area contributed by atoms with Crippen LogP contribution in [0.1, 0.15) is 0 Å². The van der Waals surface area contributed by atoms with Gasteiger partial charge in [0.25, 0.3) is 0 Å². The van der Waals surface area contributed by atoms with Crippen molar-refractivity contribution in [1.29, 1.82) is 0 Å². The summed E-state index contributed by atoms with van der Waals surface area (Å²) in [5, 5.41) is 3.01. The smallest absolute Gasteiger partial charge is 0.232 e. The van der Waals surface area contributed by atoms with Crippen LogP contribution >= 0.6 is 23.2 Å². The van der Waals surface area contributed by atoms with Crippen molar-refractivity contribution in [2.24, 2.45) is 0 Å². The zero-order valence-corrected chi connectivity index (χ0v) is 9.50. The monoisotopic (exact) mass is 255 g/mol. The van der Waals surface area contributed by atoms with Crippen LogP contribution in [0.3, 0.4) is 0 Å². The van der Waals surface area contributed by atoms with Gasteiger partial charge < -0.3 is 11.1 Å². The molecule has 1 heterocycles. The first-order valence-electron chi connectivity index (χ1n) is 4.33. The highest BCUT2D eigenvalue weighted by molar-refractivity contribution is 6.31. The molecule has 1 aromatic heterocycles. The van der Waals surface area contributed by atoms with Gasteiger partial charge in [0.1, 0.15) is 0 Å².